The van der Waals surface area contributed by atoms with Gasteiger partial charge in [0.05, 0.1) is 12.8 Å². The number of fused-ring (bicyclic) bond motifs is 1. The van der Waals surface area contributed by atoms with Crippen molar-refractivity contribution in [2.75, 3.05) is 19.0 Å². The Bertz CT molecular complexity index is 1550. The van der Waals surface area contributed by atoms with Crippen LogP contribution >= 0.6 is 0 Å². The summed E-state index contributed by atoms with van der Waals surface area (Å²) in [6, 6.07) is 27.8. The van der Waals surface area contributed by atoms with Crippen LogP contribution in [0.5, 0.6) is 11.5 Å². The zero-order valence-electron chi connectivity index (χ0n) is 20.6. The second-order valence-electron chi connectivity index (χ2n) is 8.67. The number of carbonyl (C=O) groups excluding carboxylic acids is 3. The van der Waals surface area contributed by atoms with Crippen LogP contribution in [0.1, 0.15) is 11.1 Å². The number of anilines is 1. The summed E-state index contributed by atoms with van der Waals surface area (Å²) in [5, 5.41) is 7.53. The zero-order chi connectivity index (χ0) is 26.5. The van der Waals surface area contributed by atoms with Crippen LogP contribution in [0.25, 0.3) is 16.8 Å². The Labute approximate surface area is 219 Å². The lowest BCUT2D eigenvalue weighted by atomic mass is 10.1. The molecule has 0 aliphatic carbocycles. The van der Waals surface area contributed by atoms with Gasteiger partial charge in [-0.05, 0) is 58.3 Å². The molecule has 5 rings (SSSR count). The first-order valence-electron chi connectivity index (χ1n) is 12.0. The fourth-order valence-corrected chi connectivity index (χ4v) is 4.12. The van der Waals surface area contributed by atoms with E-state index >= 15 is 0 Å². The molecule has 1 heterocycles. The summed E-state index contributed by atoms with van der Waals surface area (Å²) in [6.07, 6.45) is 1.56. The van der Waals surface area contributed by atoms with Crippen molar-refractivity contribution in [3.63, 3.8) is 0 Å². The Morgan fingerprint density at radius 3 is 2.45 bits per heavy atom. The van der Waals surface area contributed by atoms with E-state index in [1.54, 1.807) is 54.6 Å². The molecular formula is C30H25N3O5. The Morgan fingerprint density at radius 1 is 0.921 bits per heavy atom. The SMILES string of the molecule is COc1ccccc1NC(=O)CN1C(=O)N/C(=C/c2ccc(OCc3ccc4ccccc4c3)cc2)C1=O. The van der Waals surface area contributed by atoms with E-state index in [1.165, 1.54) is 12.5 Å². The molecule has 0 bridgehead atoms. The van der Waals surface area contributed by atoms with Crippen molar-refractivity contribution in [1.82, 2.24) is 10.2 Å². The number of urea groups is 1. The Hall–Kier alpha value is -5.11. The van der Waals surface area contributed by atoms with Gasteiger partial charge in [0.2, 0.25) is 5.91 Å². The Balaban J connectivity index is 1.19. The molecule has 0 aromatic heterocycles. The minimum absolute atomic E-state index is 0.0879. The number of nitrogens with zero attached hydrogens (tertiary/aromatic N) is 1. The molecule has 2 N–H and O–H groups in total. The van der Waals surface area contributed by atoms with E-state index in [9.17, 15) is 14.4 Å². The quantitative estimate of drug-likeness (QED) is 0.260. The van der Waals surface area contributed by atoms with Crippen LogP contribution in [-0.2, 0) is 16.2 Å². The third kappa shape index (κ3) is 5.49. The molecule has 1 fully saturated rings. The summed E-state index contributed by atoms with van der Waals surface area (Å²) < 4.78 is 11.1. The fourth-order valence-electron chi connectivity index (χ4n) is 4.12. The molecular weight excluding hydrogens is 482 g/mol. The largest absolute Gasteiger partial charge is 0.495 e. The van der Waals surface area contributed by atoms with Gasteiger partial charge in [0.25, 0.3) is 5.91 Å². The fraction of sp³-hybridized carbons (Fsp3) is 0.100. The average molecular weight is 508 g/mol. The van der Waals surface area contributed by atoms with Crippen molar-refractivity contribution in [2.45, 2.75) is 6.61 Å². The molecule has 4 aromatic carbocycles. The van der Waals surface area contributed by atoms with E-state index in [1.807, 2.05) is 18.2 Å². The minimum Gasteiger partial charge on any atom is -0.495 e. The van der Waals surface area contributed by atoms with Crippen LogP contribution in [0.2, 0.25) is 0 Å². The molecule has 190 valence electrons. The van der Waals surface area contributed by atoms with Gasteiger partial charge in [-0.15, -0.1) is 0 Å². The molecule has 8 heteroatoms. The number of ether oxygens (including phenoxy) is 2. The smallest absolute Gasteiger partial charge is 0.329 e. The molecule has 4 amide bonds. The number of para-hydroxylation sites is 2. The highest BCUT2D eigenvalue weighted by Gasteiger charge is 2.35. The van der Waals surface area contributed by atoms with E-state index in [0.29, 0.717) is 29.4 Å². The van der Waals surface area contributed by atoms with E-state index < -0.39 is 24.4 Å². The van der Waals surface area contributed by atoms with Gasteiger partial charge < -0.3 is 20.1 Å². The number of methoxy groups -OCH3 is 1. The number of carbonyl (C=O) groups is 3. The Morgan fingerprint density at radius 2 is 1.66 bits per heavy atom. The second kappa shape index (κ2) is 10.9. The number of nitrogens with one attached hydrogen (secondary N) is 2. The third-order valence-electron chi connectivity index (χ3n) is 6.06. The van der Waals surface area contributed by atoms with Crippen molar-refractivity contribution < 1.29 is 23.9 Å². The van der Waals surface area contributed by atoms with Gasteiger partial charge >= 0.3 is 6.03 Å². The van der Waals surface area contributed by atoms with E-state index in [2.05, 4.69) is 34.9 Å². The lowest BCUT2D eigenvalue weighted by Gasteiger charge is -2.13. The number of benzene rings is 4. The zero-order valence-corrected chi connectivity index (χ0v) is 20.6. The van der Waals surface area contributed by atoms with Gasteiger partial charge in [-0.3, -0.25) is 9.59 Å². The van der Waals surface area contributed by atoms with Crippen molar-refractivity contribution in [2.24, 2.45) is 0 Å². The predicted molar refractivity (Wildman–Crippen MR) is 145 cm³/mol. The topological polar surface area (TPSA) is 97.0 Å². The molecule has 4 aromatic rings. The van der Waals surface area contributed by atoms with E-state index in [0.717, 1.165) is 15.8 Å². The second-order valence-corrected chi connectivity index (χ2v) is 8.67. The normalized spacial score (nSPS) is 14.0. The van der Waals surface area contributed by atoms with Gasteiger partial charge in [0.1, 0.15) is 30.3 Å². The number of rotatable bonds is 8. The summed E-state index contributed by atoms with van der Waals surface area (Å²) in [7, 11) is 1.49. The highest BCUT2D eigenvalue weighted by Crippen LogP contribution is 2.24. The van der Waals surface area contributed by atoms with Crippen molar-refractivity contribution in [3.05, 3.63) is 108 Å². The molecule has 38 heavy (non-hydrogen) atoms. The number of amides is 4. The van der Waals surface area contributed by atoms with Crippen LogP contribution in [0.3, 0.4) is 0 Å². The predicted octanol–water partition coefficient (Wildman–Crippen LogP) is 4.96. The standard InChI is InChI=1S/C30H25N3O5/c1-37-27-9-5-4-8-25(27)31-28(34)18-33-29(35)26(32-30(33)36)17-20-11-14-24(15-12-20)38-19-21-10-13-22-6-2-3-7-23(22)16-21/h2-17H,18-19H2,1H3,(H,31,34)(H,32,36)/b26-17+. The van der Waals surface area contributed by atoms with Crippen molar-refractivity contribution >= 4 is 40.4 Å². The molecule has 0 spiro atoms. The van der Waals surface area contributed by atoms with Crippen molar-refractivity contribution in [1.29, 1.82) is 0 Å². The molecule has 1 saturated heterocycles. The van der Waals surface area contributed by atoms with Gasteiger partial charge in [-0.1, -0.05) is 60.7 Å². The van der Waals surface area contributed by atoms with Crippen molar-refractivity contribution in [3.8, 4) is 11.5 Å². The number of hydrogen-bond acceptors (Lipinski definition) is 5. The molecule has 0 radical (unpaired) electrons. The van der Waals surface area contributed by atoms with Crippen LogP contribution in [0.4, 0.5) is 10.5 Å². The maximum atomic E-state index is 12.8. The van der Waals surface area contributed by atoms with Crippen LogP contribution in [0, 0.1) is 0 Å². The summed E-state index contributed by atoms with van der Waals surface area (Å²) in [5.41, 5.74) is 2.30. The van der Waals surface area contributed by atoms with Gasteiger partial charge in [-0.2, -0.15) is 0 Å². The highest BCUT2D eigenvalue weighted by molar-refractivity contribution is 6.16. The molecule has 8 nitrogen and oxygen atoms in total. The molecule has 1 aliphatic heterocycles. The number of imide groups is 1. The molecule has 1 aliphatic rings. The molecule has 0 unspecified atom stereocenters. The van der Waals surface area contributed by atoms with Crippen LogP contribution in [-0.4, -0.2) is 36.4 Å². The van der Waals surface area contributed by atoms with E-state index in [4.69, 9.17) is 9.47 Å². The summed E-state index contributed by atoms with van der Waals surface area (Å²) >= 11 is 0. The van der Waals surface area contributed by atoms with Gasteiger partial charge in [-0.25, -0.2) is 9.69 Å². The summed E-state index contributed by atoms with van der Waals surface area (Å²) in [5.74, 6) is 0.0500. The minimum atomic E-state index is -0.660. The van der Waals surface area contributed by atoms with Crippen LogP contribution in [0.15, 0.2) is 96.7 Å². The lowest BCUT2D eigenvalue weighted by molar-refractivity contribution is -0.127. The maximum absolute atomic E-state index is 12.8. The lowest BCUT2D eigenvalue weighted by Crippen LogP contribution is -2.38. The first kappa shape index (κ1) is 24.6. The van der Waals surface area contributed by atoms with Gasteiger partial charge in [0.15, 0.2) is 0 Å². The summed E-state index contributed by atoms with van der Waals surface area (Å²) in [4.78, 5) is 38.5. The monoisotopic (exact) mass is 507 g/mol. The van der Waals surface area contributed by atoms with Gasteiger partial charge in [0, 0.05) is 0 Å². The number of hydrogen-bond donors (Lipinski definition) is 2. The maximum Gasteiger partial charge on any atom is 0.329 e. The Kier molecular flexibility index (Phi) is 7.04. The van der Waals surface area contributed by atoms with Crippen LogP contribution < -0.4 is 20.1 Å². The molecule has 0 atom stereocenters. The third-order valence-corrected chi connectivity index (χ3v) is 6.06. The first-order valence-corrected chi connectivity index (χ1v) is 12.0. The highest BCUT2D eigenvalue weighted by atomic mass is 16.5. The summed E-state index contributed by atoms with van der Waals surface area (Å²) in [6.45, 7) is -0.00665. The molecule has 0 saturated carbocycles. The van der Waals surface area contributed by atoms with E-state index in [-0.39, 0.29) is 5.70 Å². The average Bonchev–Trinajstić information content (AvgIpc) is 3.20. The first-order chi connectivity index (χ1) is 18.5.